The number of amides is 2. The predicted octanol–water partition coefficient (Wildman–Crippen LogP) is 10.2. The number of alkyl halides is 2. The maximum absolute atomic E-state index is 14.8. The first-order chi connectivity index (χ1) is 27.0. The van der Waals surface area contributed by atoms with E-state index in [4.69, 9.17) is 23.2 Å². The number of piperidine rings is 1. The summed E-state index contributed by atoms with van der Waals surface area (Å²) in [6.45, 7) is 4.55. The van der Waals surface area contributed by atoms with Gasteiger partial charge in [-0.15, -0.1) is 0 Å². The lowest BCUT2D eigenvalue weighted by Gasteiger charge is -2.39. The van der Waals surface area contributed by atoms with Crippen molar-refractivity contribution in [2.75, 3.05) is 23.3 Å². The van der Waals surface area contributed by atoms with Crippen molar-refractivity contribution < 1.29 is 18.4 Å². The Balaban J connectivity index is 1.20. The second-order valence-corrected chi connectivity index (χ2v) is 15.4. The monoisotopic (exact) mass is 792 g/mol. The summed E-state index contributed by atoms with van der Waals surface area (Å²) in [6.07, 6.45) is 9.39. The molecule has 2 unspecified atom stereocenters. The Hall–Kier alpha value is -5.45. The van der Waals surface area contributed by atoms with E-state index in [2.05, 4.69) is 56.8 Å². The SMILES string of the molecule is CC=CC(F)(F)C(=O)NC1CCN(c2ncccc2NC(=O)c2[nH]c3cc(Cl)cc4c3c2C2=C(c3ccccc3)C(C)CC=CN2C4c2ccc(Cl)cc2)CC1. The van der Waals surface area contributed by atoms with Crippen molar-refractivity contribution in [3.8, 4) is 0 Å². The zero-order valence-electron chi connectivity index (χ0n) is 30.8. The maximum atomic E-state index is 14.8. The molecule has 8 rings (SSSR count). The smallest absolute Gasteiger partial charge is 0.343 e. The second-order valence-electron chi connectivity index (χ2n) is 14.5. The Morgan fingerprint density at radius 2 is 1.73 bits per heavy atom. The molecule has 3 N–H and O–H groups in total. The molecule has 3 aromatic carbocycles. The first-order valence-corrected chi connectivity index (χ1v) is 19.5. The minimum Gasteiger partial charge on any atom is -0.355 e. The molecule has 8 nitrogen and oxygen atoms in total. The van der Waals surface area contributed by atoms with Gasteiger partial charge in [0.1, 0.15) is 5.69 Å². The number of hydrogen-bond donors (Lipinski definition) is 3. The summed E-state index contributed by atoms with van der Waals surface area (Å²) in [6, 6.07) is 24.9. The topological polar surface area (TPSA) is 93.4 Å². The highest BCUT2D eigenvalue weighted by molar-refractivity contribution is 6.32. The lowest BCUT2D eigenvalue weighted by Crippen LogP contribution is -2.49. The summed E-state index contributed by atoms with van der Waals surface area (Å²) in [7, 11) is 0. The third-order valence-corrected chi connectivity index (χ3v) is 11.3. The number of benzene rings is 3. The fourth-order valence-electron chi connectivity index (χ4n) is 8.28. The highest BCUT2D eigenvalue weighted by Crippen LogP contribution is 2.53. The van der Waals surface area contributed by atoms with Gasteiger partial charge in [0.25, 0.3) is 11.8 Å². The molecule has 12 heteroatoms. The minimum absolute atomic E-state index is 0.112. The van der Waals surface area contributed by atoms with Crippen LogP contribution >= 0.6 is 23.2 Å². The van der Waals surface area contributed by atoms with Gasteiger partial charge in [-0.25, -0.2) is 4.98 Å². The number of hydrogen-bond acceptors (Lipinski definition) is 5. The van der Waals surface area contributed by atoms with E-state index in [-0.39, 0.29) is 17.9 Å². The average Bonchev–Trinajstić information content (AvgIpc) is 3.48. The predicted molar refractivity (Wildman–Crippen MR) is 220 cm³/mol. The molecule has 286 valence electrons. The lowest BCUT2D eigenvalue weighted by atomic mass is 9.82. The number of aromatic nitrogens is 2. The molecule has 2 atom stereocenters. The molecule has 56 heavy (non-hydrogen) atoms. The first-order valence-electron chi connectivity index (χ1n) is 18.7. The van der Waals surface area contributed by atoms with Crippen molar-refractivity contribution in [2.45, 2.75) is 51.1 Å². The molecule has 5 aromatic rings. The van der Waals surface area contributed by atoms with Crippen molar-refractivity contribution in [1.82, 2.24) is 20.2 Å². The van der Waals surface area contributed by atoms with Gasteiger partial charge in [-0.2, -0.15) is 8.78 Å². The zero-order chi connectivity index (χ0) is 39.1. The number of rotatable bonds is 8. The van der Waals surface area contributed by atoms with E-state index in [0.717, 1.165) is 50.8 Å². The van der Waals surface area contributed by atoms with E-state index in [1.807, 2.05) is 59.5 Å². The third kappa shape index (κ3) is 6.96. The molecular formula is C44H40Cl2F2N6O2. The molecule has 3 aliphatic heterocycles. The molecule has 1 fully saturated rings. The van der Waals surface area contributed by atoms with Crippen LogP contribution in [0.4, 0.5) is 20.3 Å². The molecule has 0 bridgehead atoms. The van der Waals surface area contributed by atoms with Crippen LogP contribution in [0.1, 0.15) is 71.9 Å². The number of carbonyl (C=O) groups excluding carboxylic acids is 2. The highest BCUT2D eigenvalue weighted by atomic mass is 35.5. The summed E-state index contributed by atoms with van der Waals surface area (Å²) < 4.78 is 28.3. The van der Waals surface area contributed by atoms with Crippen molar-refractivity contribution in [3.05, 3.63) is 147 Å². The highest BCUT2D eigenvalue weighted by Gasteiger charge is 2.40. The van der Waals surface area contributed by atoms with E-state index in [1.165, 1.54) is 13.0 Å². The summed E-state index contributed by atoms with van der Waals surface area (Å²) in [5, 5.41) is 7.75. The lowest BCUT2D eigenvalue weighted by molar-refractivity contribution is -0.140. The van der Waals surface area contributed by atoms with Crippen molar-refractivity contribution in [3.63, 3.8) is 0 Å². The Morgan fingerprint density at radius 1 is 0.982 bits per heavy atom. The van der Waals surface area contributed by atoms with Crippen LogP contribution in [-0.2, 0) is 4.79 Å². The van der Waals surface area contributed by atoms with Gasteiger partial charge in [0.05, 0.1) is 17.4 Å². The van der Waals surface area contributed by atoms with Crippen molar-refractivity contribution >= 4 is 68.7 Å². The standard InChI is InChI=1S/C44H40Cl2F2N6O2/c1-3-19-44(47,48)43(56)50-31-17-22-53(23-18-31)41-33(12-7-20-49-41)52-42(55)38-37-36-32(24-30(46)25-34(36)51-38)39(28-13-15-29(45)16-14-28)54-21-8-9-26(2)35(40(37)54)27-10-5-4-6-11-27/h3-8,10-16,19-21,24-26,31,39,51H,9,17-18,22-23H2,1-2H3,(H,50,56)(H,52,55). The fraction of sp³-hybridized carbons (Fsp3) is 0.250. The molecule has 2 amide bonds. The Kier molecular flexibility index (Phi) is 10.2. The Bertz CT molecular complexity index is 2400. The van der Waals surface area contributed by atoms with Gasteiger partial charge in [-0.1, -0.05) is 84.7 Å². The number of anilines is 2. The van der Waals surface area contributed by atoms with Gasteiger partial charge in [0.2, 0.25) is 0 Å². The number of nitrogens with zero attached hydrogens (tertiary/aromatic N) is 3. The number of allylic oxidation sites excluding steroid dienone is 3. The zero-order valence-corrected chi connectivity index (χ0v) is 32.3. The van der Waals surface area contributed by atoms with Crippen LogP contribution < -0.4 is 15.5 Å². The molecule has 2 aromatic heterocycles. The molecule has 5 heterocycles. The van der Waals surface area contributed by atoms with E-state index in [9.17, 15) is 18.4 Å². The minimum atomic E-state index is -3.57. The van der Waals surface area contributed by atoms with Crippen molar-refractivity contribution in [1.29, 1.82) is 0 Å². The molecule has 0 spiro atoms. The molecule has 0 saturated carbocycles. The van der Waals surface area contributed by atoms with Gasteiger partial charge in [-0.3, -0.25) is 9.59 Å². The van der Waals surface area contributed by atoms with Crippen LogP contribution in [0.15, 0.2) is 109 Å². The van der Waals surface area contributed by atoms with Crippen molar-refractivity contribution in [2.24, 2.45) is 5.92 Å². The summed E-state index contributed by atoms with van der Waals surface area (Å²) in [5.74, 6) is -4.57. The quantitative estimate of drug-likeness (QED) is 0.136. The largest absolute Gasteiger partial charge is 0.355 e. The molecule has 0 radical (unpaired) electrons. The van der Waals surface area contributed by atoms with Gasteiger partial charge >= 0.3 is 5.92 Å². The summed E-state index contributed by atoms with van der Waals surface area (Å²) in [4.78, 5) is 39.4. The van der Waals surface area contributed by atoms with Gasteiger partial charge in [0.15, 0.2) is 5.82 Å². The number of H-pyrrole nitrogens is 1. The Morgan fingerprint density at radius 3 is 2.46 bits per heavy atom. The van der Waals surface area contributed by atoms with Crippen LogP contribution in [0, 0.1) is 5.92 Å². The number of nitrogens with one attached hydrogen (secondary N) is 3. The van der Waals surface area contributed by atoms with Gasteiger partial charge in [0, 0.05) is 58.0 Å². The third-order valence-electron chi connectivity index (χ3n) is 10.8. The Labute approximate surface area is 333 Å². The summed E-state index contributed by atoms with van der Waals surface area (Å²) >= 11 is 13.2. The van der Waals surface area contributed by atoms with Crippen LogP contribution in [0.3, 0.4) is 0 Å². The van der Waals surface area contributed by atoms with Crippen LogP contribution in [0.5, 0.6) is 0 Å². The van der Waals surface area contributed by atoms with Crippen LogP contribution in [-0.4, -0.2) is 51.7 Å². The molecular weight excluding hydrogens is 753 g/mol. The van der Waals surface area contributed by atoms with E-state index < -0.39 is 17.9 Å². The fourth-order valence-corrected chi connectivity index (χ4v) is 8.63. The van der Waals surface area contributed by atoms with Gasteiger partial charge < -0.3 is 25.4 Å². The molecule has 0 aliphatic carbocycles. The maximum Gasteiger partial charge on any atom is 0.343 e. The van der Waals surface area contributed by atoms with Gasteiger partial charge in [-0.05, 0) is 96.8 Å². The number of carbonyl (C=O) groups is 2. The average molecular weight is 794 g/mol. The second kappa shape index (κ2) is 15.2. The van der Waals surface area contributed by atoms with E-state index >= 15 is 0 Å². The molecule has 3 aliphatic rings. The number of halogens is 4. The van der Waals surface area contributed by atoms with Crippen LogP contribution in [0.2, 0.25) is 10.0 Å². The van der Waals surface area contributed by atoms with Crippen LogP contribution in [0.25, 0.3) is 22.2 Å². The van der Waals surface area contributed by atoms with E-state index in [1.54, 1.807) is 18.3 Å². The first kappa shape index (κ1) is 37.5. The number of pyridine rings is 1. The number of aromatic amines is 1. The molecule has 1 saturated heterocycles. The normalized spacial score (nSPS) is 18.7. The number of fused-ring (bicyclic) bond motifs is 2. The van der Waals surface area contributed by atoms with E-state index in [0.29, 0.717) is 59.3 Å². The summed E-state index contributed by atoms with van der Waals surface area (Å²) in [5.41, 5.74) is 7.49.